The average molecular weight is 452 g/mol. The predicted molar refractivity (Wildman–Crippen MR) is 135 cm³/mol. The summed E-state index contributed by atoms with van der Waals surface area (Å²) in [5.74, 6) is 0.743. The second-order valence-electron chi connectivity index (χ2n) is 10.4. The Morgan fingerprint density at radius 3 is 2.58 bits per heavy atom. The van der Waals surface area contributed by atoms with Crippen LogP contribution in [0.4, 0.5) is 0 Å². The van der Waals surface area contributed by atoms with Crippen LogP contribution in [0.1, 0.15) is 75.5 Å². The zero-order valence-corrected chi connectivity index (χ0v) is 20.4. The van der Waals surface area contributed by atoms with Crippen molar-refractivity contribution in [3.8, 4) is 0 Å². The third-order valence-electron chi connectivity index (χ3n) is 8.43. The largest absolute Gasteiger partial charge is 0.380 e. The molecule has 3 fully saturated rings. The molecule has 180 valence electrons. The third-order valence-corrected chi connectivity index (χ3v) is 8.43. The molecule has 0 radical (unpaired) electrons. The van der Waals surface area contributed by atoms with Crippen LogP contribution in [0.5, 0.6) is 0 Å². The summed E-state index contributed by atoms with van der Waals surface area (Å²) in [6.07, 6.45) is 11.3. The first kappa shape index (κ1) is 23.1. The van der Waals surface area contributed by atoms with Gasteiger partial charge in [0.1, 0.15) is 0 Å². The standard InChI is InChI=1S/C28H41N3O2/c1-2-21-19-24-20-23(9-10-26(24)29-28(21)32)27(22-7-4-3-5-8-22)31-14-11-25(12-15-31)30-13-6-17-33-18-16-30/h9-10,19-20,22,25,27H,2-8,11-18H2,1H3,(H,29,32). The quantitative estimate of drug-likeness (QED) is 0.703. The number of likely N-dealkylation sites (tertiary alicyclic amines) is 1. The molecule has 2 saturated heterocycles. The van der Waals surface area contributed by atoms with Crippen molar-refractivity contribution in [3.05, 3.63) is 45.7 Å². The van der Waals surface area contributed by atoms with Gasteiger partial charge in [-0.2, -0.15) is 0 Å². The number of fused-ring (bicyclic) bond motifs is 1. The Bertz CT molecular complexity index is 965. The molecular formula is C28H41N3O2. The Balaban J connectivity index is 1.38. The summed E-state index contributed by atoms with van der Waals surface area (Å²) in [5, 5.41) is 1.18. The van der Waals surface area contributed by atoms with Gasteiger partial charge in [-0.15, -0.1) is 0 Å². The summed E-state index contributed by atoms with van der Waals surface area (Å²) in [6.45, 7) is 8.54. The van der Waals surface area contributed by atoms with Crippen molar-refractivity contribution in [1.29, 1.82) is 0 Å². The van der Waals surface area contributed by atoms with Crippen LogP contribution in [0.15, 0.2) is 29.1 Å². The van der Waals surface area contributed by atoms with Crippen molar-refractivity contribution >= 4 is 10.9 Å². The van der Waals surface area contributed by atoms with Gasteiger partial charge < -0.3 is 9.72 Å². The van der Waals surface area contributed by atoms with Crippen LogP contribution in [0.3, 0.4) is 0 Å². The number of ether oxygens (including phenoxy) is 1. The molecule has 2 aromatic rings. The van der Waals surface area contributed by atoms with Crippen molar-refractivity contribution in [3.63, 3.8) is 0 Å². The molecular weight excluding hydrogens is 410 g/mol. The molecule has 1 unspecified atom stereocenters. The smallest absolute Gasteiger partial charge is 0.251 e. The Kier molecular flexibility index (Phi) is 7.49. The van der Waals surface area contributed by atoms with E-state index in [0.717, 1.165) is 43.2 Å². The Labute approximate surface area is 198 Å². The van der Waals surface area contributed by atoms with Gasteiger partial charge in [-0.1, -0.05) is 32.3 Å². The van der Waals surface area contributed by atoms with Crippen molar-refractivity contribution in [2.75, 3.05) is 39.4 Å². The van der Waals surface area contributed by atoms with E-state index in [4.69, 9.17) is 4.74 Å². The van der Waals surface area contributed by atoms with E-state index >= 15 is 0 Å². The average Bonchev–Trinajstić information content (AvgIpc) is 3.15. The van der Waals surface area contributed by atoms with E-state index in [1.54, 1.807) is 0 Å². The van der Waals surface area contributed by atoms with Gasteiger partial charge >= 0.3 is 0 Å². The predicted octanol–water partition coefficient (Wildman–Crippen LogP) is 4.90. The molecule has 3 heterocycles. The van der Waals surface area contributed by atoms with Crippen molar-refractivity contribution in [2.45, 2.75) is 76.8 Å². The zero-order chi connectivity index (χ0) is 22.6. The number of aromatic amines is 1. The van der Waals surface area contributed by atoms with Gasteiger partial charge in [0.15, 0.2) is 0 Å². The fourth-order valence-corrected chi connectivity index (χ4v) is 6.61. The van der Waals surface area contributed by atoms with Crippen LogP contribution >= 0.6 is 0 Å². The number of hydrogen-bond donors (Lipinski definition) is 1. The molecule has 33 heavy (non-hydrogen) atoms. The number of rotatable bonds is 5. The van der Waals surface area contributed by atoms with E-state index in [9.17, 15) is 4.79 Å². The second-order valence-corrected chi connectivity index (χ2v) is 10.4. The molecule has 0 amide bonds. The molecule has 0 spiro atoms. The SMILES string of the molecule is CCc1cc2cc(C(C3CCCCC3)N3CCC(N4CCCOCC4)CC3)ccc2[nH]c1=O. The number of aromatic nitrogens is 1. The number of nitrogens with one attached hydrogen (secondary N) is 1. The minimum Gasteiger partial charge on any atom is -0.380 e. The number of aryl methyl sites for hydroxylation is 1. The molecule has 1 N–H and O–H groups in total. The van der Waals surface area contributed by atoms with Crippen LogP contribution in [0.25, 0.3) is 10.9 Å². The highest BCUT2D eigenvalue weighted by Gasteiger charge is 2.34. The van der Waals surface area contributed by atoms with Gasteiger partial charge in [-0.05, 0) is 73.6 Å². The highest BCUT2D eigenvalue weighted by Crippen LogP contribution is 2.40. The van der Waals surface area contributed by atoms with Crippen molar-refractivity contribution < 1.29 is 4.74 Å². The van der Waals surface area contributed by atoms with Gasteiger partial charge in [0.25, 0.3) is 5.56 Å². The molecule has 1 aromatic heterocycles. The third kappa shape index (κ3) is 5.21. The number of hydrogen-bond acceptors (Lipinski definition) is 4. The van der Waals surface area contributed by atoms with E-state index in [-0.39, 0.29) is 5.56 Å². The first-order valence-corrected chi connectivity index (χ1v) is 13.4. The van der Waals surface area contributed by atoms with E-state index in [0.29, 0.717) is 12.1 Å². The highest BCUT2D eigenvalue weighted by molar-refractivity contribution is 5.79. The molecule has 1 saturated carbocycles. The van der Waals surface area contributed by atoms with Crippen molar-refractivity contribution in [1.82, 2.24) is 14.8 Å². The van der Waals surface area contributed by atoms with Crippen LogP contribution < -0.4 is 5.56 Å². The summed E-state index contributed by atoms with van der Waals surface area (Å²) in [7, 11) is 0. The van der Waals surface area contributed by atoms with Gasteiger partial charge in [0.2, 0.25) is 0 Å². The number of pyridine rings is 1. The first-order chi connectivity index (χ1) is 16.2. The zero-order valence-electron chi connectivity index (χ0n) is 20.4. The Hall–Kier alpha value is -1.69. The maximum atomic E-state index is 12.3. The van der Waals surface area contributed by atoms with Gasteiger partial charge in [0.05, 0.1) is 6.61 Å². The lowest BCUT2D eigenvalue weighted by Gasteiger charge is -2.44. The number of H-pyrrole nitrogens is 1. The summed E-state index contributed by atoms with van der Waals surface area (Å²) >= 11 is 0. The topological polar surface area (TPSA) is 48.6 Å². The fraction of sp³-hybridized carbons (Fsp3) is 0.679. The maximum Gasteiger partial charge on any atom is 0.251 e. The van der Waals surface area contributed by atoms with E-state index in [1.165, 1.54) is 82.0 Å². The van der Waals surface area contributed by atoms with Crippen molar-refractivity contribution in [2.24, 2.45) is 5.92 Å². The van der Waals surface area contributed by atoms with Crippen LogP contribution in [-0.4, -0.2) is 60.2 Å². The minimum absolute atomic E-state index is 0.0579. The van der Waals surface area contributed by atoms with E-state index < -0.39 is 0 Å². The molecule has 0 bridgehead atoms. The normalized spacial score (nSPS) is 23.5. The minimum atomic E-state index is 0.0579. The number of piperidine rings is 1. The first-order valence-electron chi connectivity index (χ1n) is 13.4. The van der Waals surface area contributed by atoms with E-state index in [1.807, 2.05) is 0 Å². The second kappa shape index (κ2) is 10.7. The van der Waals surface area contributed by atoms with Gasteiger partial charge in [-0.25, -0.2) is 0 Å². The fourth-order valence-electron chi connectivity index (χ4n) is 6.61. The lowest BCUT2D eigenvalue weighted by atomic mass is 9.79. The molecule has 1 aliphatic carbocycles. The monoisotopic (exact) mass is 451 g/mol. The highest BCUT2D eigenvalue weighted by atomic mass is 16.5. The molecule has 1 aromatic carbocycles. The number of nitrogens with zero attached hydrogens (tertiary/aromatic N) is 2. The van der Waals surface area contributed by atoms with Gasteiger partial charge in [0, 0.05) is 55.9 Å². The summed E-state index contributed by atoms with van der Waals surface area (Å²) in [6, 6.07) is 10.1. The lowest BCUT2D eigenvalue weighted by Crippen LogP contribution is -2.47. The van der Waals surface area contributed by atoms with Crippen LogP contribution in [-0.2, 0) is 11.2 Å². The summed E-state index contributed by atoms with van der Waals surface area (Å²) < 4.78 is 5.70. The van der Waals surface area contributed by atoms with Crippen LogP contribution in [0.2, 0.25) is 0 Å². The molecule has 5 heteroatoms. The van der Waals surface area contributed by atoms with Gasteiger partial charge in [-0.3, -0.25) is 14.6 Å². The molecule has 5 nitrogen and oxygen atoms in total. The van der Waals surface area contributed by atoms with Crippen LogP contribution in [0, 0.1) is 5.92 Å². The molecule has 1 atom stereocenters. The molecule has 3 aliphatic rings. The lowest BCUT2D eigenvalue weighted by molar-refractivity contribution is 0.0510. The summed E-state index contributed by atoms with van der Waals surface area (Å²) in [4.78, 5) is 20.9. The number of benzene rings is 1. The molecule has 5 rings (SSSR count). The summed E-state index contributed by atoms with van der Waals surface area (Å²) in [5.41, 5.74) is 3.36. The van der Waals surface area contributed by atoms with E-state index in [2.05, 4.69) is 46.0 Å². The Morgan fingerprint density at radius 1 is 0.970 bits per heavy atom. The Morgan fingerprint density at radius 2 is 1.79 bits per heavy atom. The maximum absolute atomic E-state index is 12.3. The molecule has 2 aliphatic heterocycles.